The third kappa shape index (κ3) is 3.79. The monoisotopic (exact) mass is 497 g/mol. The number of fused-ring (bicyclic) bond motifs is 1. The van der Waals surface area contributed by atoms with Crippen molar-refractivity contribution < 1.29 is 19.3 Å². The number of hydroxylamine groups is 1. The molecule has 3 aromatic carbocycles. The Morgan fingerprint density at radius 2 is 1.71 bits per heavy atom. The molecule has 0 aliphatic carbocycles. The number of hydrogen-bond acceptors (Lipinski definition) is 6. The van der Waals surface area contributed by atoms with Gasteiger partial charge in [-0.05, 0) is 29.3 Å². The molecule has 5 rings (SSSR count). The minimum absolute atomic E-state index is 0.118. The average Bonchev–Trinajstić information content (AvgIpc) is 3.32. The number of nitro groups is 1. The lowest BCUT2D eigenvalue weighted by molar-refractivity contribution is -0.384. The minimum atomic E-state index is -1.09. The maximum Gasteiger partial charge on any atom is 0.271 e. The fourth-order valence-corrected chi connectivity index (χ4v) is 4.94. The number of likely N-dealkylation sites (tertiary alicyclic amines) is 1. The van der Waals surface area contributed by atoms with Gasteiger partial charge in [0, 0.05) is 22.2 Å². The van der Waals surface area contributed by atoms with Crippen LogP contribution in [0.4, 0.5) is 11.4 Å². The second-order valence-electron chi connectivity index (χ2n) is 8.01. The maximum atomic E-state index is 13.5. The number of nitrogens with zero attached hydrogens (tertiary/aromatic N) is 3. The molecule has 0 aromatic heterocycles. The predicted molar refractivity (Wildman–Crippen MR) is 125 cm³/mol. The topological polar surface area (TPSA) is 93.0 Å². The summed E-state index contributed by atoms with van der Waals surface area (Å²) in [5.41, 5.74) is 1.51. The highest BCUT2D eigenvalue weighted by Gasteiger charge is 2.60. The van der Waals surface area contributed by atoms with Gasteiger partial charge in [-0.25, -0.2) is 5.06 Å². The van der Waals surface area contributed by atoms with E-state index in [1.165, 1.54) is 28.2 Å². The molecule has 2 aliphatic rings. The van der Waals surface area contributed by atoms with Crippen LogP contribution in [-0.4, -0.2) is 27.7 Å². The molecule has 2 amide bonds. The fraction of sp³-hybridized carbons (Fsp3) is 0.167. The van der Waals surface area contributed by atoms with Gasteiger partial charge in [-0.2, -0.15) is 0 Å². The van der Waals surface area contributed by atoms with E-state index in [0.29, 0.717) is 21.3 Å². The van der Waals surface area contributed by atoms with Crippen molar-refractivity contribution in [3.05, 3.63) is 104 Å². The van der Waals surface area contributed by atoms with Gasteiger partial charge in [0.1, 0.15) is 5.92 Å². The maximum absolute atomic E-state index is 13.5. The van der Waals surface area contributed by atoms with Crippen LogP contribution in [0.5, 0.6) is 0 Å². The largest absolute Gasteiger partial charge is 0.275 e. The number of anilines is 1. The normalized spacial score (nSPS) is 21.8. The highest BCUT2D eigenvalue weighted by Crippen LogP contribution is 2.49. The van der Waals surface area contributed by atoms with Gasteiger partial charge in [0.25, 0.3) is 11.6 Å². The van der Waals surface area contributed by atoms with Crippen LogP contribution >= 0.6 is 23.2 Å². The van der Waals surface area contributed by atoms with Gasteiger partial charge in [0.2, 0.25) is 5.91 Å². The molecule has 0 radical (unpaired) electrons. The Bertz CT molecular complexity index is 1300. The molecule has 0 spiro atoms. The number of non-ortho nitro benzene ring substituents is 1. The summed E-state index contributed by atoms with van der Waals surface area (Å²) in [6.45, 7) is 0.118. The smallest absolute Gasteiger partial charge is 0.271 e. The van der Waals surface area contributed by atoms with Gasteiger partial charge in [-0.15, -0.1) is 0 Å². The first kappa shape index (κ1) is 22.3. The van der Waals surface area contributed by atoms with Crippen molar-refractivity contribution in [3.8, 4) is 0 Å². The van der Waals surface area contributed by atoms with E-state index in [-0.39, 0.29) is 12.2 Å². The van der Waals surface area contributed by atoms with Gasteiger partial charge >= 0.3 is 0 Å². The molecule has 0 bridgehead atoms. The summed E-state index contributed by atoms with van der Waals surface area (Å²) in [5, 5.41) is 13.4. The lowest BCUT2D eigenvalue weighted by atomic mass is 9.90. The third-order valence-corrected chi connectivity index (χ3v) is 6.53. The zero-order valence-corrected chi connectivity index (χ0v) is 19.0. The Labute approximate surface area is 204 Å². The number of amides is 2. The molecule has 3 atom stereocenters. The Hall–Kier alpha value is -3.46. The molecule has 2 fully saturated rings. The van der Waals surface area contributed by atoms with E-state index < -0.39 is 34.8 Å². The predicted octanol–water partition coefficient (Wildman–Crippen LogP) is 4.95. The van der Waals surface area contributed by atoms with E-state index in [1.54, 1.807) is 24.3 Å². The molecular weight excluding hydrogens is 481 g/mol. The van der Waals surface area contributed by atoms with Crippen molar-refractivity contribution in [2.45, 2.75) is 18.7 Å². The van der Waals surface area contributed by atoms with E-state index in [0.717, 1.165) is 5.56 Å². The number of rotatable bonds is 5. The lowest BCUT2D eigenvalue weighted by Crippen LogP contribution is -2.37. The third-order valence-electron chi connectivity index (χ3n) is 5.97. The van der Waals surface area contributed by atoms with Gasteiger partial charge in [-0.3, -0.25) is 29.4 Å². The molecule has 10 heteroatoms. The molecule has 34 heavy (non-hydrogen) atoms. The minimum Gasteiger partial charge on any atom is -0.275 e. The number of carbonyl (C=O) groups excluding carboxylic acids is 2. The quantitative estimate of drug-likeness (QED) is 0.281. The van der Waals surface area contributed by atoms with Crippen molar-refractivity contribution in [1.82, 2.24) is 4.90 Å². The molecule has 172 valence electrons. The number of hydrogen-bond donors (Lipinski definition) is 0. The van der Waals surface area contributed by atoms with Crippen LogP contribution in [-0.2, 0) is 21.0 Å². The summed E-state index contributed by atoms with van der Waals surface area (Å²) in [4.78, 5) is 44.8. The standard InChI is InChI=1S/C24H17Cl2N3O5/c25-15-9-10-18(19(26)11-15)21-20-22(34-28(21)16-7-4-8-17(12-16)29(32)33)24(31)27(23(20)30)13-14-5-2-1-3-6-14/h1-12,20-22H,13H2/t20-,21-,22+/m0/s1. The van der Waals surface area contributed by atoms with Gasteiger partial charge < -0.3 is 0 Å². The van der Waals surface area contributed by atoms with Gasteiger partial charge in [0.15, 0.2) is 6.10 Å². The number of benzene rings is 3. The van der Waals surface area contributed by atoms with E-state index in [1.807, 2.05) is 30.3 Å². The first-order valence-corrected chi connectivity index (χ1v) is 11.2. The molecule has 3 aromatic rings. The number of imide groups is 1. The van der Waals surface area contributed by atoms with Crippen molar-refractivity contribution in [2.75, 3.05) is 5.06 Å². The molecular formula is C24H17Cl2N3O5. The van der Waals surface area contributed by atoms with Crippen molar-refractivity contribution >= 4 is 46.4 Å². The molecule has 0 unspecified atom stereocenters. The van der Waals surface area contributed by atoms with Crippen LogP contribution in [0.25, 0.3) is 0 Å². The Morgan fingerprint density at radius 1 is 0.941 bits per heavy atom. The SMILES string of the molecule is O=C1[C@@H]2[C@@H](ON(c3cccc([N+](=O)[O-])c3)[C@H]2c2ccc(Cl)cc2Cl)C(=O)N1Cc1ccccc1. The van der Waals surface area contributed by atoms with Crippen LogP contribution < -0.4 is 5.06 Å². The van der Waals surface area contributed by atoms with Crippen LogP contribution in [0.1, 0.15) is 17.2 Å². The molecule has 0 saturated carbocycles. The number of carbonyl (C=O) groups is 2. The van der Waals surface area contributed by atoms with Gasteiger partial charge in [0.05, 0.1) is 23.2 Å². The summed E-state index contributed by atoms with van der Waals surface area (Å²) in [5.74, 6) is -1.76. The number of halogens is 2. The van der Waals surface area contributed by atoms with Crippen molar-refractivity contribution in [1.29, 1.82) is 0 Å². The van der Waals surface area contributed by atoms with E-state index in [2.05, 4.69) is 0 Å². The first-order chi connectivity index (χ1) is 16.3. The lowest BCUT2D eigenvalue weighted by Gasteiger charge is -2.29. The van der Waals surface area contributed by atoms with E-state index >= 15 is 0 Å². The summed E-state index contributed by atoms with van der Waals surface area (Å²) >= 11 is 12.6. The van der Waals surface area contributed by atoms with E-state index in [4.69, 9.17) is 28.0 Å². The highest BCUT2D eigenvalue weighted by molar-refractivity contribution is 6.35. The zero-order valence-electron chi connectivity index (χ0n) is 17.5. The van der Waals surface area contributed by atoms with Crippen LogP contribution in [0, 0.1) is 16.0 Å². The highest BCUT2D eigenvalue weighted by atomic mass is 35.5. The van der Waals surface area contributed by atoms with Crippen molar-refractivity contribution in [2.24, 2.45) is 5.92 Å². The zero-order chi connectivity index (χ0) is 24.0. The molecule has 0 N–H and O–H groups in total. The first-order valence-electron chi connectivity index (χ1n) is 10.4. The fourth-order valence-electron chi connectivity index (χ4n) is 4.42. The van der Waals surface area contributed by atoms with Gasteiger partial charge in [-0.1, -0.05) is 65.7 Å². The summed E-state index contributed by atoms with van der Waals surface area (Å²) in [6, 6.07) is 19.0. The number of nitro benzene ring substituents is 1. The molecule has 8 nitrogen and oxygen atoms in total. The average molecular weight is 498 g/mol. The Kier molecular flexibility index (Phi) is 5.73. The Morgan fingerprint density at radius 3 is 2.41 bits per heavy atom. The molecule has 2 aliphatic heterocycles. The summed E-state index contributed by atoms with van der Waals surface area (Å²) in [7, 11) is 0. The van der Waals surface area contributed by atoms with Crippen LogP contribution in [0.15, 0.2) is 72.8 Å². The molecule has 2 saturated heterocycles. The second-order valence-corrected chi connectivity index (χ2v) is 8.86. The van der Waals surface area contributed by atoms with Crippen LogP contribution in [0.2, 0.25) is 10.0 Å². The Balaban J connectivity index is 1.57. The molecule has 2 heterocycles. The van der Waals surface area contributed by atoms with E-state index in [9.17, 15) is 19.7 Å². The summed E-state index contributed by atoms with van der Waals surface area (Å²) in [6.07, 6.45) is -1.09. The van der Waals surface area contributed by atoms with Crippen LogP contribution in [0.3, 0.4) is 0 Å². The summed E-state index contributed by atoms with van der Waals surface area (Å²) < 4.78 is 0. The van der Waals surface area contributed by atoms with Crippen molar-refractivity contribution in [3.63, 3.8) is 0 Å². The second kappa shape index (κ2) is 8.72.